The van der Waals surface area contributed by atoms with Gasteiger partial charge in [-0.05, 0) is 50.6 Å². The number of carbonyl (C=O) groups is 1. The lowest BCUT2D eigenvalue weighted by atomic mass is 9.97. The zero-order chi connectivity index (χ0) is 20.1. The van der Waals surface area contributed by atoms with E-state index in [0.717, 1.165) is 31.7 Å². The maximum absolute atomic E-state index is 13.3. The molecule has 1 aliphatic heterocycles. The van der Waals surface area contributed by atoms with Crippen molar-refractivity contribution in [2.24, 2.45) is 0 Å². The number of hydrogen-bond donors (Lipinski definition) is 1. The molecule has 3 rings (SSSR count). The summed E-state index contributed by atoms with van der Waals surface area (Å²) in [7, 11) is 1.33. The summed E-state index contributed by atoms with van der Waals surface area (Å²) in [5.74, 6) is -0.307. The highest BCUT2D eigenvalue weighted by molar-refractivity contribution is 5.88. The Morgan fingerprint density at radius 1 is 1.25 bits per heavy atom. The molecule has 0 radical (unpaired) electrons. The first-order valence-corrected chi connectivity index (χ1v) is 9.68. The molecule has 0 spiro atoms. The van der Waals surface area contributed by atoms with Gasteiger partial charge >= 0.3 is 5.97 Å². The van der Waals surface area contributed by atoms with E-state index in [1.165, 1.54) is 32.1 Å². The number of anilines is 1. The van der Waals surface area contributed by atoms with E-state index in [9.17, 15) is 9.18 Å². The number of benzene rings is 1. The van der Waals surface area contributed by atoms with Crippen LogP contribution in [0.3, 0.4) is 0 Å². The van der Waals surface area contributed by atoms with E-state index in [0.29, 0.717) is 17.2 Å². The number of likely N-dealkylation sites (tertiary alicyclic amines) is 1. The molecule has 28 heavy (non-hydrogen) atoms. The third-order valence-corrected chi connectivity index (χ3v) is 5.18. The number of aryl methyl sites for hydroxylation is 1. The zero-order valence-corrected chi connectivity index (χ0v) is 16.7. The van der Waals surface area contributed by atoms with Gasteiger partial charge in [0.2, 0.25) is 0 Å². The van der Waals surface area contributed by atoms with Gasteiger partial charge in [0.15, 0.2) is 5.69 Å². The highest BCUT2D eigenvalue weighted by Crippen LogP contribution is 2.28. The van der Waals surface area contributed by atoms with Gasteiger partial charge in [-0.1, -0.05) is 19.1 Å². The first-order chi connectivity index (χ1) is 13.5. The van der Waals surface area contributed by atoms with Gasteiger partial charge in [-0.2, -0.15) is 0 Å². The van der Waals surface area contributed by atoms with E-state index in [4.69, 9.17) is 4.74 Å². The first-order valence-electron chi connectivity index (χ1n) is 9.68. The van der Waals surface area contributed by atoms with Crippen LogP contribution in [-0.2, 0) is 4.74 Å². The molecule has 1 aliphatic rings. The van der Waals surface area contributed by atoms with Crippen molar-refractivity contribution in [3.05, 3.63) is 52.7 Å². The van der Waals surface area contributed by atoms with Crippen LogP contribution in [-0.4, -0.2) is 54.1 Å². The first kappa shape index (κ1) is 20.2. The molecule has 1 aromatic heterocycles. The SMILES string of the molecule is COC(=O)c1nc(C(C)c2ccc(F)cc2)c(NCCN2CCCC2)nc1C. The van der Waals surface area contributed by atoms with E-state index in [2.05, 4.69) is 20.2 Å². The Morgan fingerprint density at radius 3 is 2.57 bits per heavy atom. The molecule has 0 aliphatic carbocycles. The minimum Gasteiger partial charge on any atom is -0.464 e. The number of nitrogens with zero attached hydrogens (tertiary/aromatic N) is 3. The number of carbonyl (C=O) groups excluding carboxylic acids is 1. The number of aromatic nitrogens is 2. The number of hydrogen-bond acceptors (Lipinski definition) is 6. The van der Waals surface area contributed by atoms with Gasteiger partial charge in [-0.3, -0.25) is 0 Å². The summed E-state index contributed by atoms with van der Waals surface area (Å²) in [6.45, 7) is 7.66. The zero-order valence-electron chi connectivity index (χ0n) is 16.7. The lowest BCUT2D eigenvalue weighted by Gasteiger charge is -2.20. The van der Waals surface area contributed by atoms with Crippen molar-refractivity contribution in [1.82, 2.24) is 14.9 Å². The van der Waals surface area contributed by atoms with Crippen molar-refractivity contribution in [3.63, 3.8) is 0 Å². The molecule has 2 aromatic rings. The van der Waals surface area contributed by atoms with Crippen molar-refractivity contribution in [3.8, 4) is 0 Å². The van der Waals surface area contributed by atoms with E-state index in [-0.39, 0.29) is 17.4 Å². The van der Waals surface area contributed by atoms with Crippen molar-refractivity contribution in [2.75, 3.05) is 38.6 Å². The topological polar surface area (TPSA) is 67.3 Å². The molecular formula is C21H27FN4O2. The van der Waals surface area contributed by atoms with Gasteiger partial charge in [-0.25, -0.2) is 19.2 Å². The fraction of sp³-hybridized carbons (Fsp3) is 0.476. The number of methoxy groups -OCH3 is 1. The monoisotopic (exact) mass is 386 g/mol. The Labute approximate surface area is 165 Å². The third-order valence-electron chi connectivity index (χ3n) is 5.18. The smallest absolute Gasteiger partial charge is 0.358 e. The van der Waals surface area contributed by atoms with Crippen molar-refractivity contribution in [1.29, 1.82) is 0 Å². The second kappa shape index (κ2) is 9.10. The Hall–Kier alpha value is -2.54. The molecule has 6 nitrogen and oxygen atoms in total. The second-order valence-electron chi connectivity index (χ2n) is 7.13. The molecule has 2 heterocycles. The number of halogens is 1. The molecule has 1 aromatic carbocycles. The van der Waals surface area contributed by atoms with Crippen LogP contribution in [0.25, 0.3) is 0 Å². The number of esters is 1. The summed E-state index contributed by atoms with van der Waals surface area (Å²) < 4.78 is 18.2. The van der Waals surface area contributed by atoms with Gasteiger partial charge < -0.3 is 15.0 Å². The summed E-state index contributed by atoms with van der Waals surface area (Å²) in [6.07, 6.45) is 2.50. The van der Waals surface area contributed by atoms with Gasteiger partial charge in [0, 0.05) is 19.0 Å². The molecule has 1 atom stereocenters. The summed E-state index contributed by atoms with van der Waals surface area (Å²) in [6, 6.07) is 6.31. The average molecular weight is 386 g/mol. The van der Waals surface area contributed by atoms with Crippen LogP contribution in [0.5, 0.6) is 0 Å². The Balaban J connectivity index is 1.88. The van der Waals surface area contributed by atoms with Gasteiger partial charge in [0.1, 0.15) is 11.6 Å². The predicted octanol–water partition coefficient (Wildman–Crippen LogP) is 3.37. The van der Waals surface area contributed by atoms with Crippen LogP contribution < -0.4 is 5.32 Å². The van der Waals surface area contributed by atoms with Crippen LogP contribution >= 0.6 is 0 Å². The number of nitrogens with one attached hydrogen (secondary N) is 1. The average Bonchev–Trinajstić information content (AvgIpc) is 3.21. The lowest BCUT2D eigenvalue weighted by Crippen LogP contribution is -2.27. The van der Waals surface area contributed by atoms with Crippen molar-refractivity contribution < 1.29 is 13.9 Å². The maximum atomic E-state index is 13.3. The van der Waals surface area contributed by atoms with E-state index < -0.39 is 5.97 Å². The highest BCUT2D eigenvalue weighted by Gasteiger charge is 2.22. The Kier molecular flexibility index (Phi) is 6.57. The molecule has 1 saturated heterocycles. The van der Waals surface area contributed by atoms with Gasteiger partial charge in [-0.15, -0.1) is 0 Å². The van der Waals surface area contributed by atoms with Gasteiger partial charge in [0.25, 0.3) is 0 Å². The van der Waals surface area contributed by atoms with E-state index in [1.807, 2.05) is 6.92 Å². The predicted molar refractivity (Wildman–Crippen MR) is 106 cm³/mol. The number of rotatable bonds is 7. The summed E-state index contributed by atoms with van der Waals surface area (Å²) in [5, 5.41) is 3.39. The molecular weight excluding hydrogens is 359 g/mol. The van der Waals surface area contributed by atoms with Gasteiger partial charge in [0.05, 0.1) is 18.5 Å². The molecule has 1 unspecified atom stereocenters. The minimum atomic E-state index is -0.513. The molecule has 0 amide bonds. The normalized spacial score (nSPS) is 15.4. The largest absolute Gasteiger partial charge is 0.464 e. The molecule has 1 N–H and O–H groups in total. The highest BCUT2D eigenvalue weighted by atomic mass is 19.1. The molecule has 0 saturated carbocycles. The summed E-state index contributed by atoms with van der Waals surface area (Å²) in [4.78, 5) is 23.7. The lowest BCUT2D eigenvalue weighted by molar-refractivity contribution is 0.0592. The minimum absolute atomic E-state index is 0.161. The van der Waals surface area contributed by atoms with Crippen LogP contribution in [0, 0.1) is 12.7 Å². The maximum Gasteiger partial charge on any atom is 0.358 e. The fourth-order valence-electron chi connectivity index (χ4n) is 3.50. The Bertz CT molecular complexity index is 820. The Morgan fingerprint density at radius 2 is 1.93 bits per heavy atom. The molecule has 7 heteroatoms. The quantitative estimate of drug-likeness (QED) is 0.736. The van der Waals surface area contributed by atoms with Crippen LogP contribution in [0.1, 0.15) is 53.1 Å². The second-order valence-corrected chi connectivity index (χ2v) is 7.13. The summed E-state index contributed by atoms with van der Waals surface area (Å²) >= 11 is 0. The molecule has 150 valence electrons. The van der Waals surface area contributed by atoms with E-state index in [1.54, 1.807) is 19.1 Å². The fourth-order valence-corrected chi connectivity index (χ4v) is 3.50. The number of ether oxygens (including phenoxy) is 1. The molecule has 0 bridgehead atoms. The van der Waals surface area contributed by atoms with Crippen molar-refractivity contribution in [2.45, 2.75) is 32.6 Å². The molecule has 1 fully saturated rings. The third kappa shape index (κ3) is 4.65. The standard InChI is InChI=1S/C21H27FN4O2/c1-14(16-6-8-17(22)9-7-16)18-20(23-10-13-26-11-4-5-12-26)24-15(2)19(25-18)21(27)28-3/h6-9,14H,4-5,10-13H2,1-3H3,(H,23,24). The van der Waals surface area contributed by atoms with Crippen LogP contribution in [0.15, 0.2) is 24.3 Å². The van der Waals surface area contributed by atoms with Crippen LogP contribution in [0.4, 0.5) is 10.2 Å². The van der Waals surface area contributed by atoms with Crippen LogP contribution in [0.2, 0.25) is 0 Å². The van der Waals surface area contributed by atoms with Crippen molar-refractivity contribution >= 4 is 11.8 Å². The van der Waals surface area contributed by atoms with E-state index >= 15 is 0 Å². The summed E-state index contributed by atoms with van der Waals surface area (Å²) in [5.41, 5.74) is 2.28.